The average Bonchev–Trinajstić information content (AvgIpc) is 2.54. The van der Waals surface area contributed by atoms with Gasteiger partial charge in [-0.3, -0.25) is 4.79 Å². The maximum absolute atomic E-state index is 12.8. The second-order valence-electron chi connectivity index (χ2n) is 5.97. The van der Waals surface area contributed by atoms with Crippen molar-refractivity contribution in [1.29, 1.82) is 0 Å². The molecule has 11 heteroatoms. The molecule has 0 aromatic heterocycles. The highest BCUT2D eigenvalue weighted by atomic mass is 35.5. The van der Waals surface area contributed by atoms with E-state index >= 15 is 0 Å². The Morgan fingerprint density at radius 2 is 1.67 bits per heavy atom. The molecule has 0 atom stereocenters. The number of anilines is 1. The lowest BCUT2D eigenvalue weighted by molar-refractivity contribution is -0.137. The molecule has 2 aromatic rings. The van der Waals surface area contributed by atoms with Gasteiger partial charge in [0.05, 0.1) is 30.4 Å². The van der Waals surface area contributed by atoms with Crippen molar-refractivity contribution in [2.75, 3.05) is 19.4 Å². The summed E-state index contributed by atoms with van der Waals surface area (Å²) in [4.78, 5) is 12.2. The zero-order chi connectivity index (χ0) is 20.6. The molecule has 146 valence electrons. The Bertz CT molecular complexity index is 974. The van der Waals surface area contributed by atoms with Crippen LogP contribution in [0.15, 0.2) is 42.5 Å². The lowest BCUT2D eigenvalue weighted by Gasteiger charge is -2.30. The summed E-state index contributed by atoms with van der Waals surface area (Å²) in [6, 6.07) is 7.53. The first-order chi connectivity index (χ1) is 12.2. The van der Waals surface area contributed by atoms with Gasteiger partial charge in [0, 0.05) is 17.7 Å². The van der Waals surface area contributed by atoms with Crippen molar-refractivity contribution >= 4 is 39.2 Å². The average molecular weight is 423 g/mol. The molecule has 0 unspecified atom stereocenters. The van der Waals surface area contributed by atoms with Crippen LogP contribution in [0.1, 0.15) is 15.9 Å². The molecule has 0 radical (unpaired) electrons. The largest absolute Gasteiger partial charge is 0.701 e. The number of carbonyl (C=O) groups excluding carboxylic acids is 1. The summed E-state index contributed by atoms with van der Waals surface area (Å²) in [5, 5.41) is 2.19. The minimum absolute atomic E-state index is 0.0375. The highest BCUT2D eigenvalue weighted by Crippen LogP contribution is 2.34. The van der Waals surface area contributed by atoms with Crippen LogP contribution in [-0.4, -0.2) is 33.0 Å². The summed E-state index contributed by atoms with van der Waals surface area (Å²) < 4.78 is 71.2. The molecule has 0 spiro atoms. The second kappa shape index (κ2) is 7.12. The number of hydrogen-bond donors (Lipinski definition) is 1. The molecular weight excluding hydrogens is 409 g/mol. The van der Waals surface area contributed by atoms with Crippen molar-refractivity contribution < 1.29 is 30.9 Å². The standard InChI is InChI=1S/C16H14ClF3N2O4S/c1-22(2,27(24,25)26)12-6-3-10(4-7-12)15(23)21-14-9-11(16(18,19)20)5-8-13(14)17/h3-9H,1-2H3,(H-,21,23,24,25,26). The van der Waals surface area contributed by atoms with Crippen LogP contribution in [0.5, 0.6) is 0 Å². The van der Waals surface area contributed by atoms with Crippen LogP contribution in [0.2, 0.25) is 5.02 Å². The molecular formula is C16H14ClF3N2O4S. The molecule has 0 saturated heterocycles. The van der Waals surface area contributed by atoms with E-state index in [1.807, 2.05) is 0 Å². The normalized spacial score (nSPS) is 12.7. The fourth-order valence-electron chi connectivity index (χ4n) is 2.09. The lowest BCUT2D eigenvalue weighted by atomic mass is 10.1. The molecule has 6 nitrogen and oxygen atoms in total. The number of alkyl halides is 3. The third kappa shape index (κ3) is 4.59. The molecule has 2 aromatic carbocycles. The van der Waals surface area contributed by atoms with E-state index in [-0.39, 0.29) is 22.0 Å². The SMILES string of the molecule is C[N+](C)(c1ccc(C(=O)Nc2cc(C(F)(F)F)ccc2Cl)cc1)S(=O)(=O)[O-]. The van der Waals surface area contributed by atoms with E-state index in [0.29, 0.717) is 6.07 Å². The number of amides is 1. The summed E-state index contributed by atoms with van der Waals surface area (Å²) in [5.41, 5.74) is -1.05. The van der Waals surface area contributed by atoms with Crippen molar-refractivity contribution in [3.8, 4) is 0 Å². The maximum atomic E-state index is 12.8. The molecule has 27 heavy (non-hydrogen) atoms. The van der Waals surface area contributed by atoms with Gasteiger partial charge in [0.15, 0.2) is 0 Å². The topological polar surface area (TPSA) is 86.3 Å². The number of carbonyl (C=O) groups is 1. The molecule has 0 fully saturated rings. The van der Waals surface area contributed by atoms with Gasteiger partial charge in [-0.25, -0.2) is 3.89 Å². The summed E-state index contributed by atoms with van der Waals surface area (Å²) in [5.74, 6) is -0.752. The predicted molar refractivity (Wildman–Crippen MR) is 94.2 cm³/mol. The number of halogens is 4. The summed E-state index contributed by atoms with van der Waals surface area (Å²) in [6.07, 6.45) is -4.60. The highest BCUT2D eigenvalue weighted by Gasteiger charge is 2.31. The Morgan fingerprint density at radius 1 is 1.11 bits per heavy atom. The van der Waals surface area contributed by atoms with Gasteiger partial charge in [0.1, 0.15) is 5.69 Å². The molecule has 1 amide bonds. The molecule has 0 aliphatic rings. The van der Waals surface area contributed by atoms with Crippen LogP contribution in [0.25, 0.3) is 0 Å². The van der Waals surface area contributed by atoms with Gasteiger partial charge in [0.2, 0.25) is 0 Å². The number of nitrogens with zero attached hydrogens (tertiary/aromatic N) is 1. The quantitative estimate of drug-likeness (QED) is 0.602. The third-order valence-electron chi connectivity index (χ3n) is 3.85. The third-order valence-corrected chi connectivity index (χ3v) is 5.51. The van der Waals surface area contributed by atoms with Crippen molar-refractivity contribution in [3.05, 3.63) is 58.6 Å². The minimum Gasteiger partial charge on any atom is -0.701 e. The van der Waals surface area contributed by atoms with E-state index in [1.165, 1.54) is 38.4 Å². The van der Waals surface area contributed by atoms with Crippen molar-refractivity contribution in [2.45, 2.75) is 6.18 Å². The predicted octanol–water partition coefficient (Wildman–Crippen LogP) is 3.64. The molecule has 0 aliphatic heterocycles. The lowest BCUT2D eigenvalue weighted by Crippen LogP contribution is -2.46. The zero-order valence-corrected chi connectivity index (χ0v) is 15.6. The van der Waals surface area contributed by atoms with E-state index in [2.05, 4.69) is 5.32 Å². The van der Waals surface area contributed by atoms with Gasteiger partial charge in [-0.15, -0.1) is 0 Å². The Labute approximate surface area is 158 Å². The van der Waals surface area contributed by atoms with Crippen LogP contribution in [-0.2, 0) is 16.5 Å². The van der Waals surface area contributed by atoms with Gasteiger partial charge in [-0.05, 0) is 30.3 Å². The van der Waals surface area contributed by atoms with Crippen LogP contribution in [0, 0.1) is 0 Å². The first-order valence-corrected chi connectivity index (χ1v) is 9.06. The van der Waals surface area contributed by atoms with Gasteiger partial charge >= 0.3 is 6.18 Å². The molecule has 0 heterocycles. The summed E-state index contributed by atoms with van der Waals surface area (Å²) in [7, 11) is -2.37. The molecule has 2 rings (SSSR count). The molecule has 0 saturated carbocycles. The molecule has 0 bridgehead atoms. The number of rotatable bonds is 4. The van der Waals surface area contributed by atoms with Crippen molar-refractivity contribution in [3.63, 3.8) is 0 Å². The van der Waals surface area contributed by atoms with Crippen LogP contribution in [0.4, 0.5) is 24.5 Å². The van der Waals surface area contributed by atoms with E-state index in [9.17, 15) is 30.9 Å². The fraction of sp³-hybridized carbons (Fsp3) is 0.188. The van der Waals surface area contributed by atoms with E-state index in [0.717, 1.165) is 12.1 Å². The maximum Gasteiger partial charge on any atom is 0.416 e. The minimum atomic E-state index is -4.70. The number of hydrogen-bond acceptors (Lipinski definition) is 4. The van der Waals surface area contributed by atoms with Gasteiger partial charge < -0.3 is 9.87 Å². The molecule has 0 aliphatic carbocycles. The number of quaternary nitrogens is 1. The van der Waals surface area contributed by atoms with Crippen molar-refractivity contribution in [2.24, 2.45) is 0 Å². The van der Waals surface area contributed by atoms with Gasteiger partial charge in [-0.1, -0.05) is 11.6 Å². The van der Waals surface area contributed by atoms with Crippen molar-refractivity contribution in [1.82, 2.24) is 3.89 Å². The number of benzene rings is 2. The first kappa shape index (κ1) is 21.2. The smallest absolute Gasteiger partial charge is 0.416 e. The summed E-state index contributed by atoms with van der Waals surface area (Å²) >= 11 is 5.83. The Kier molecular flexibility index (Phi) is 5.58. The van der Waals surface area contributed by atoms with Gasteiger partial charge in [0.25, 0.3) is 16.2 Å². The van der Waals surface area contributed by atoms with E-state index < -0.39 is 31.8 Å². The first-order valence-electron chi connectivity index (χ1n) is 7.32. The Morgan fingerprint density at radius 3 is 2.15 bits per heavy atom. The Hall–Kier alpha value is -2.14. The Balaban J connectivity index is 2.28. The van der Waals surface area contributed by atoms with E-state index in [4.69, 9.17) is 11.6 Å². The fourth-order valence-corrected chi connectivity index (χ4v) is 2.64. The van der Waals surface area contributed by atoms with Crippen LogP contribution < -0.4 is 9.21 Å². The molecule has 1 N–H and O–H groups in total. The van der Waals surface area contributed by atoms with Crippen LogP contribution in [0.3, 0.4) is 0 Å². The van der Waals surface area contributed by atoms with Crippen LogP contribution >= 0.6 is 11.6 Å². The number of nitrogens with one attached hydrogen (secondary N) is 1. The monoisotopic (exact) mass is 422 g/mol. The zero-order valence-electron chi connectivity index (χ0n) is 14.0. The summed E-state index contributed by atoms with van der Waals surface area (Å²) in [6.45, 7) is 0. The second-order valence-corrected chi connectivity index (χ2v) is 8.15. The van der Waals surface area contributed by atoms with Gasteiger partial charge in [-0.2, -0.15) is 21.6 Å². The highest BCUT2D eigenvalue weighted by molar-refractivity contribution is 7.85. The van der Waals surface area contributed by atoms with E-state index in [1.54, 1.807) is 0 Å².